The largest absolute Gasteiger partial charge is 0.496 e. The Bertz CT molecular complexity index is 886. The van der Waals surface area contributed by atoms with Crippen molar-refractivity contribution in [3.8, 4) is 5.75 Å². The molecule has 0 aliphatic carbocycles. The molecule has 3 aromatic rings. The lowest BCUT2D eigenvalue weighted by atomic mass is 10.0. The molecule has 0 aliphatic heterocycles. The molecule has 0 N–H and O–H groups in total. The van der Waals surface area contributed by atoms with Gasteiger partial charge in [-0.3, -0.25) is 9.78 Å². The van der Waals surface area contributed by atoms with Gasteiger partial charge in [0.25, 0.3) is 0 Å². The summed E-state index contributed by atoms with van der Waals surface area (Å²) >= 11 is 0. The number of fused-ring (bicyclic) bond motifs is 1. The van der Waals surface area contributed by atoms with Gasteiger partial charge in [-0.25, -0.2) is 0 Å². The molecule has 1 unspecified atom stereocenters. The van der Waals surface area contributed by atoms with E-state index in [9.17, 15) is 4.79 Å². The van der Waals surface area contributed by atoms with Crippen LogP contribution >= 0.6 is 0 Å². The van der Waals surface area contributed by atoms with Gasteiger partial charge in [-0.1, -0.05) is 42.5 Å². The summed E-state index contributed by atoms with van der Waals surface area (Å²) in [6.07, 6.45) is 2.09. The van der Waals surface area contributed by atoms with Crippen molar-refractivity contribution < 1.29 is 9.53 Å². The lowest BCUT2D eigenvalue weighted by Gasteiger charge is -2.26. The van der Waals surface area contributed by atoms with Crippen LogP contribution in [0.3, 0.4) is 0 Å². The second-order valence-corrected chi connectivity index (χ2v) is 6.09. The Kier molecular flexibility index (Phi) is 4.98. The summed E-state index contributed by atoms with van der Waals surface area (Å²) in [6, 6.07) is 17.6. The van der Waals surface area contributed by atoms with Crippen LogP contribution in [0.2, 0.25) is 0 Å². The Morgan fingerprint density at radius 3 is 2.68 bits per heavy atom. The van der Waals surface area contributed by atoms with Crippen LogP contribution in [0, 0.1) is 0 Å². The van der Waals surface area contributed by atoms with E-state index < -0.39 is 0 Å². The zero-order valence-corrected chi connectivity index (χ0v) is 14.8. The molecule has 128 valence electrons. The molecular formula is C21H22N2O2. The Morgan fingerprint density at radius 2 is 1.88 bits per heavy atom. The van der Waals surface area contributed by atoms with E-state index >= 15 is 0 Å². The minimum absolute atomic E-state index is 0.0524. The number of hydrogen-bond acceptors (Lipinski definition) is 3. The maximum Gasteiger partial charge on any atom is 0.227 e. The molecule has 25 heavy (non-hydrogen) atoms. The van der Waals surface area contributed by atoms with E-state index in [-0.39, 0.29) is 11.9 Å². The first-order valence-corrected chi connectivity index (χ1v) is 8.33. The van der Waals surface area contributed by atoms with Gasteiger partial charge < -0.3 is 9.64 Å². The van der Waals surface area contributed by atoms with Crippen molar-refractivity contribution in [1.82, 2.24) is 9.88 Å². The van der Waals surface area contributed by atoms with E-state index in [0.29, 0.717) is 6.42 Å². The van der Waals surface area contributed by atoms with E-state index in [2.05, 4.69) is 4.98 Å². The molecule has 0 saturated heterocycles. The number of benzene rings is 2. The SMILES string of the molecule is COc1ccccc1C(C)N(C)C(=O)Cc1cccc2cccnc12. The molecule has 4 nitrogen and oxygen atoms in total. The molecule has 4 heteroatoms. The summed E-state index contributed by atoms with van der Waals surface area (Å²) in [5.41, 5.74) is 2.83. The number of methoxy groups -OCH3 is 1. The van der Waals surface area contributed by atoms with Crippen LogP contribution in [0.25, 0.3) is 10.9 Å². The smallest absolute Gasteiger partial charge is 0.227 e. The fourth-order valence-electron chi connectivity index (χ4n) is 3.03. The van der Waals surface area contributed by atoms with Gasteiger partial charge in [-0.2, -0.15) is 0 Å². The van der Waals surface area contributed by atoms with Crippen molar-refractivity contribution in [3.05, 3.63) is 71.9 Å². The Labute approximate surface area is 148 Å². The second kappa shape index (κ2) is 7.34. The van der Waals surface area contributed by atoms with Crippen LogP contribution < -0.4 is 4.74 Å². The minimum Gasteiger partial charge on any atom is -0.496 e. The van der Waals surface area contributed by atoms with Gasteiger partial charge >= 0.3 is 0 Å². The van der Waals surface area contributed by atoms with Gasteiger partial charge in [0.05, 0.1) is 25.1 Å². The molecule has 1 atom stereocenters. The average Bonchev–Trinajstić information content (AvgIpc) is 2.67. The summed E-state index contributed by atoms with van der Waals surface area (Å²) in [6.45, 7) is 2.01. The normalized spacial score (nSPS) is 12.0. The topological polar surface area (TPSA) is 42.4 Å². The van der Waals surface area contributed by atoms with Gasteiger partial charge in [-0.15, -0.1) is 0 Å². The Morgan fingerprint density at radius 1 is 1.12 bits per heavy atom. The van der Waals surface area contributed by atoms with E-state index in [1.54, 1.807) is 18.2 Å². The predicted molar refractivity (Wildman–Crippen MR) is 99.6 cm³/mol. The lowest BCUT2D eigenvalue weighted by molar-refractivity contribution is -0.131. The highest BCUT2D eigenvalue weighted by atomic mass is 16.5. The minimum atomic E-state index is -0.0772. The molecular weight excluding hydrogens is 312 g/mol. The molecule has 1 aromatic heterocycles. The van der Waals surface area contributed by atoms with Crippen LogP contribution in [-0.4, -0.2) is 29.9 Å². The summed E-state index contributed by atoms with van der Waals surface area (Å²) < 4.78 is 5.42. The lowest BCUT2D eigenvalue weighted by Crippen LogP contribution is -2.31. The number of amides is 1. The van der Waals surface area contributed by atoms with E-state index in [4.69, 9.17) is 4.74 Å². The van der Waals surface area contributed by atoms with Gasteiger partial charge in [0, 0.05) is 24.2 Å². The van der Waals surface area contributed by atoms with Crippen LogP contribution in [-0.2, 0) is 11.2 Å². The first kappa shape index (κ1) is 17.0. The van der Waals surface area contributed by atoms with Gasteiger partial charge in [0.2, 0.25) is 5.91 Å². The molecule has 1 amide bonds. The van der Waals surface area contributed by atoms with Crippen molar-refractivity contribution in [2.75, 3.05) is 14.2 Å². The maximum absolute atomic E-state index is 12.8. The highest BCUT2D eigenvalue weighted by Crippen LogP contribution is 2.28. The highest BCUT2D eigenvalue weighted by Gasteiger charge is 2.21. The molecule has 0 aliphatic rings. The fraction of sp³-hybridized carbons (Fsp3) is 0.238. The number of pyridine rings is 1. The molecule has 0 radical (unpaired) electrons. The fourth-order valence-corrected chi connectivity index (χ4v) is 3.03. The van der Waals surface area contributed by atoms with Gasteiger partial charge in [0.1, 0.15) is 5.75 Å². The first-order valence-electron chi connectivity index (χ1n) is 8.33. The standard InChI is InChI=1S/C21H22N2O2/c1-15(18-11-4-5-12-19(18)25-3)23(2)20(24)14-17-9-6-8-16-10-7-13-22-21(16)17/h4-13,15H,14H2,1-3H3. The van der Waals surface area contributed by atoms with Crippen LogP contribution in [0.4, 0.5) is 0 Å². The number of aromatic nitrogens is 1. The molecule has 3 rings (SSSR count). The van der Waals surface area contributed by atoms with Crippen LogP contribution in [0.15, 0.2) is 60.8 Å². The molecule has 2 aromatic carbocycles. The van der Waals surface area contributed by atoms with Crippen molar-refractivity contribution in [2.24, 2.45) is 0 Å². The van der Waals surface area contributed by atoms with Crippen molar-refractivity contribution in [3.63, 3.8) is 0 Å². The van der Waals surface area contributed by atoms with Gasteiger partial charge in [0.15, 0.2) is 0 Å². The number of carbonyl (C=O) groups is 1. The second-order valence-electron chi connectivity index (χ2n) is 6.09. The number of nitrogens with zero attached hydrogens (tertiary/aromatic N) is 2. The number of likely N-dealkylation sites (N-methyl/N-ethyl adjacent to an activating group) is 1. The molecule has 0 saturated carbocycles. The van der Waals surface area contributed by atoms with Crippen molar-refractivity contribution in [1.29, 1.82) is 0 Å². The Balaban J connectivity index is 1.82. The monoisotopic (exact) mass is 334 g/mol. The summed E-state index contributed by atoms with van der Waals surface area (Å²) in [5, 5.41) is 1.05. The first-order chi connectivity index (χ1) is 12.1. The van der Waals surface area contributed by atoms with E-state index in [1.165, 1.54) is 0 Å². The Hall–Kier alpha value is -2.88. The zero-order chi connectivity index (χ0) is 17.8. The van der Waals surface area contributed by atoms with Crippen molar-refractivity contribution in [2.45, 2.75) is 19.4 Å². The zero-order valence-electron chi connectivity index (χ0n) is 14.8. The third kappa shape index (κ3) is 3.48. The summed E-state index contributed by atoms with van der Waals surface area (Å²) in [5.74, 6) is 0.845. The number of carbonyl (C=O) groups excluding carboxylic acids is 1. The third-order valence-electron chi connectivity index (χ3n) is 4.62. The number of para-hydroxylation sites is 2. The predicted octanol–water partition coefficient (Wildman–Crippen LogP) is 4.01. The number of rotatable bonds is 5. The van der Waals surface area contributed by atoms with Crippen LogP contribution in [0.5, 0.6) is 5.75 Å². The summed E-state index contributed by atoms with van der Waals surface area (Å²) in [7, 11) is 3.48. The third-order valence-corrected chi connectivity index (χ3v) is 4.62. The molecule has 0 bridgehead atoms. The van der Waals surface area contributed by atoms with Crippen molar-refractivity contribution >= 4 is 16.8 Å². The summed E-state index contributed by atoms with van der Waals surface area (Å²) in [4.78, 5) is 19.0. The highest BCUT2D eigenvalue weighted by molar-refractivity contribution is 5.87. The molecule has 0 spiro atoms. The maximum atomic E-state index is 12.8. The average molecular weight is 334 g/mol. The van der Waals surface area contributed by atoms with E-state index in [1.807, 2.05) is 68.6 Å². The number of hydrogen-bond donors (Lipinski definition) is 0. The quantitative estimate of drug-likeness (QED) is 0.708. The number of ether oxygens (including phenoxy) is 1. The molecule has 1 heterocycles. The van der Waals surface area contributed by atoms with Gasteiger partial charge in [-0.05, 0) is 24.6 Å². The molecule has 0 fully saturated rings. The van der Waals surface area contributed by atoms with E-state index in [0.717, 1.165) is 27.8 Å². The van der Waals surface area contributed by atoms with Crippen LogP contribution in [0.1, 0.15) is 24.1 Å².